The summed E-state index contributed by atoms with van der Waals surface area (Å²) in [6, 6.07) is 8.92. The topological polar surface area (TPSA) is 92.7 Å². The zero-order valence-corrected chi connectivity index (χ0v) is 19.3. The molecule has 1 aromatic rings. The lowest BCUT2D eigenvalue weighted by molar-refractivity contribution is -0.180. The number of carbonyl (C=O) groups excluding carboxylic acids is 3. The van der Waals surface area contributed by atoms with Crippen molar-refractivity contribution in [3.05, 3.63) is 45.6 Å². The first-order chi connectivity index (χ1) is 13.6. The summed E-state index contributed by atoms with van der Waals surface area (Å²) in [5, 5.41) is 12.2. The monoisotopic (exact) mass is 513 g/mol. The molecule has 2 N–H and O–H groups in total. The predicted molar refractivity (Wildman–Crippen MR) is 118 cm³/mol. The van der Waals surface area contributed by atoms with Gasteiger partial charge in [-0.1, -0.05) is 43.3 Å². The Morgan fingerprint density at radius 3 is 2.52 bits per heavy atom. The van der Waals surface area contributed by atoms with Gasteiger partial charge in [0.05, 0.1) is 12.0 Å². The van der Waals surface area contributed by atoms with Gasteiger partial charge in [0.15, 0.2) is 5.78 Å². The Labute approximate surface area is 185 Å². The third-order valence-electron chi connectivity index (χ3n) is 5.42. The minimum Gasteiger partial charge on any atom is -0.461 e. The summed E-state index contributed by atoms with van der Waals surface area (Å²) in [6.45, 7) is 6.40. The van der Waals surface area contributed by atoms with Crippen molar-refractivity contribution in [2.75, 3.05) is 0 Å². The molecule has 0 aliphatic carbocycles. The molecule has 1 aromatic carbocycles. The van der Waals surface area contributed by atoms with Gasteiger partial charge in [-0.15, -0.1) is 0 Å². The number of nitrogens with one attached hydrogen (secondary N) is 1. The van der Waals surface area contributed by atoms with Crippen LogP contribution in [0, 0.1) is 11.3 Å². The van der Waals surface area contributed by atoms with Gasteiger partial charge >= 0.3 is 5.97 Å². The van der Waals surface area contributed by atoms with Gasteiger partial charge in [-0.3, -0.25) is 14.4 Å². The number of hydrogen-bond donors (Lipinski definition) is 2. The molecule has 0 spiro atoms. The van der Waals surface area contributed by atoms with Crippen molar-refractivity contribution in [3.63, 3.8) is 0 Å². The number of carbonyl (C=O) groups is 3. The van der Waals surface area contributed by atoms with Crippen LogP contribution in [-0.2, 0) is 25.5 Å². The summed E-state index contributed by atoms with van der Waals surface area (Å²) in [6.07, 6.45) is 1.12. The quantitative estimate of drug-likeness (QED) is 0.333. The zero-order chi connectivity index (χ0) is 21.8. The largest absolute Gasteiger partial charge is 0.461 e. The Hall–Kier alpha value is -1.74. The zero-order valence-electron chi connectivity index (χ0n) is 17.1. The van der Waals surface area contributed by atoms with E-state index in [1.54, 1.807) is 19.9 Å². The van der Waals surface area contributed by atoms with E-state index < -0.39 is 41.5 Å². The highest BCUT2D eigenvalue weighted by Crippen LogP contribution is 2.38. The van der Waals surface area contributed by atoms with Crippen molar-refractivity contribution in [3.8, 4) is 0 Å². The molecule has 1 fully saturated rings. The second kappa shape index (κ2) is 9.84. The van der Waals surface area contributed by atoms with Gasteiger partial charge in [0, 0.05) is 0 Å². The van der Waals surface area contributed by atoms with Crippen LogP contribution >= 0.6 is 22.6 Å². The number of cyclic esters (lactones) is 1. The minimum atomic E-state index is -1.56. The smallest absolute Gasteiger partial charge is 0.322 e. The number of ether oxygens (including phenoxy) is 1. The molecule has 2 rings (SSSR count). The molecule has 29 heavy (non-hydrogen) atoms. The number of halogens is 1. The van der Waals surface area contributed by atoms with E-state index in [0.717, 1.165) is 9.14 Å². The van der Waals surface area contributed by atoms with E-state index in [-0.39, 0.29) is 5.78 Å². The first kappa shape index (κ1) is 23.5. The number of hydrogen-bond acceptors (Lipinski definition) is 5. The fourth-order valence-corrected chi connectivity index (χ4v) is 3.86. The molecule has 1 aliphatic rings. The van der Waals surface area contributed by atoms with Gasteiger partial charge in [0.25, 0.3) is 0 Å². The lowest BCUT2D eigenvalue weighted by Crippen LogP contribution is -2.61. The number of allylic oxidation sites excluding steroid dienone is 1. The molecule has 6 nitrogen and oxygen atoms in total. The molecule has 1 heterocycles. The summed E-state index contributed by atoms with van der Waals surface area (Å²) in [7, 11) is 0. The van der Waals surface area contributed by atoms with Crippen LogP contribution in [0.4, 0.5) is 0 Å². The van der Waals surface area contributed by atoms with Gasteiger partial charge in [-0.2, -0.15) is 0 Å². The average molecular weight is 513 g/mol. The molecule has 0 unspecified atom stereocenters. The Kier molecular flexibility index (Phi) is 7.99. The Bertz CT molecular complexity index is 788. The second-order valence-corrected chi connectivity index (χ2v) is 9.44. The van der Waals surface area contributed by atoms with Gasteiger partial charge in [-0.25, -0.2) is 0 Å². The molecule has 1 aliphatic heterocycles. The Balaban J connectivity index is 2.23. The van der Waals surface area contributed by atoms with Gasteiger partial charge in [0.2, 0.25) is 5.91 Å². The number of aliphatic hydroxyl groups is 1. The second-order valence-electron chi connectivity index (χ2n) is 7.74. The summed E-state index contributed by atoms with van der Waals surface area (Å²) in [4.78, 5) is 38.4. The standard InChI is InChI=1S/C22H28INO5/c1-13(23)12-18(24-20(27)15(3)25)22(4)19(26)14(2)17(29-21(22)28)11-10-16-8-6-5-7-9-16/h5-9,12,14-15,17-18,25H,10-11H2,1-4H3,(H,24,27)/b13-12+/t14-,15+,17-,18-,22-/m1/s1. The van der Waals surface area contributed by atoms with E-state index in [0.29, 0.717) is 12.8 Å². The number of amides is 1. The number of benzene rings is 1. The minimum absolute atomic E-state index is 0.267. The number of aliphatic hydroxyl groups excluding tert-OH is 1. The van der Waals surface area contributed by atoms with E-state index in [1.807, 2.05) is 30.3 Å². The predicted octanol–water partition coefficient (Wildman–Crippen LogP) is 2.96. The molecule has 0 saturated carbocycles. The van der Waals surface area contributed by atoms with Crippen LogP contribution in [0.2, 0.25) is 0 Å². The highest BCUT2D eigenvalue weighted by molar-refractivity contribution is 14.1. The van der Waals surface area contributed by atoms with Crippen molar-refractivity contribution in [2.45, 2.75) is 58.8 Å². The molecule has 158 valence electrons. The molecule has 7 heteroatoms. The molecular weight excluding hydrogens is 485 g/mol. The molecule has 1 amide bonds. The summed E-state index contributed by atoms with van der Waals surface area (Å²) < 4.78 is 6.51. The number of ketones is 1. The number of aryl methyl sites for hydroxylation is 1. The normalized spacial score (nSPS) is 27.2. The van der Waals surface area contributed by atoms with Crippen LogP contribution in [0.1, 0.15) is 39.7 Å². The van der Waals surface area contributed by atoms with E-state index in [2.05, 4.69) is 27.9 Å². The van der Waals surface area contributed by atoms with Crippen LogP contribution in [-0.4, -0.2) is 41.0 Å². The fourth-order valence-electron chi connectivity index (χ4n) is 3.50. The maximum Gasteiger partial charge on any atom is 0.322 e. The third-order valence-corrected chi connectivity index (χ3v) is 5.78. The van der Waals surface area contributed by atoms with E-state index in [4.69, 9.17) is 4.74 Å². The van der Waals surface area contributed by atoms with Crippen LogP contribution in [0.25, 0.3) is 0 Å². The van der Waals surface area contributed by atoms with Gasteiger partial charge < -0.3 is 15.2 Å². The van der Waals surface area contributed by atoms with Crippen molar-refractivity contribution in [1.82, 2.24) is 5.32 Å². The lowest BCUT2D eigenvalue weighted by Gasteiger charge is -2.42. The molecule has 0 bridgehead atoms. The maximum absolute atomic E-state index is 13.3. The van der Waals surface area contributed by atoms with Crippen LogP contribution < -0.4 is 5.32 Å². The van der Waals surface area contributed by atoms with Crippen LogP contribution in [0.3, 0.4) is 0 Å². The Morgan fingerprint density at radius 1 is 1.34 bits per heavy atom. The van der Waals surface area contributed by atoms with Crippen LogP contribution in [0.15, 0.2) is 40.0 Å². The first-order valence-corrected chi connectivity index (χ1v) is 10.8. The number of esters is 1. The van der Waals surface area contributed by atoms with E-state index in [9.17, 15) is 19.5 Å². The number of Topliss-reactive ketones (excluding diaryl/α,β-unsaturated/α-hetero) is 1. The maximum atomic E-state index is 13.3. The average Bonchev–Trinajstić information content (AvgIpc) is 2.67. The van der Waals surface area contributed by atoms with Crippen LogP contribution in [0.5, 0.6) is 0 Å². The van der Waals surface area contributed by atoms with Gasteiger partial charge in [-0.05, 0) is 65.3 Å². The highest BCUT2D eigenvalue weighted by atomic mass is 127. The SMILES string of the molecule is C/C(I)=C\[C@@H](NC(=O)[C@H](C)O)[C@@]1(C)C(=O)O[C@H](CCc2ccccc2)[C@@H](C)C1=O. The Morgan fingerprint density at radius 2 is 1.97 bits per heavy atom. The van der Waals surface area contributed by atoms with Crippen molar-refractivity contribution < 1.29 is 24.2 Å². The summed E-state index contributed by atoms with van der Waals surface area (Å²) >= 11 is 2.05. The van der Waals surface area contributed by atoms with Crippen molar-refractivity contribution in [2.24, 2.45) is 11.3 Å². The highest BCUT2D eigenvalue weighted by Gasteiger charge is 2.56. The number of rotatable bonds is 7. The van der Waals surface area contributed by atoms with E-state index in [1.165, 1.54) is 13.8 Å². The molecule has 0 aromatic heterocycles. The summed E-state index contributed by atoms with van der Waals surface area (Å²) in [5.41, 5.74) is -0.443. The van der Waals surface area contributed by atoms with Crippen molar-refractivity contribution in [1.29, 1.82) is 0 Å². The van der Waals surface area contributed by atoms with Crippen molar-refractivity contribution >= 4 is 40.3 Å². The molecule has 0 radical (unpaired) electrons. The third kappa shape index (κ3) is 5.45. The molecule has 5 atom stereocenters. The first-order valence-electron chi connectivity index (χ1n) is 9.69. The van der Waals surface area contributed by atoms with Gasteiger partial charge in [0.1, 0.15) is 17.6 Å². The molecule has 1 saturated heterocycles. The molecular formula is C22H28INO5. The summed E-state index contributed by atoms with van der Waals surface area (Å²) in [5.74, 6) is -2.07. The lowest BCUT2D eigenvalue weighted by atomic mass is 9.70. The fraction of sp³-hybridized carbons (Fsp3) is 0.500. The van der Waals surface area contributed by atoms with E-state index >= 15 is 0 Å².